The molecule has 0 saturated heterocycles. The Morgan fingerprint density at radius 3 is 2.43 bits per heavy atom. The highest BCUT2D eigenvalue weighted by Crippen LogP contribution is 2.37. The van der Waals surface area contributed by atoms with Crippen LogP contribution >= 0.6 is 11.3 Å². The Kier molecular flexibility index (Phi) is 6.31. The maximum atomic E-state index is 12.5. The van der Waals surface area contributed by atoms with Crippen LogP contribution in [0.2, 0.25) is 0 Å². The van der Waals surface area contributed by atoms with Crippen LogP contribution in [0.25, 0.3) is 11.3 Å². The summed E-state index contributed by atoms with van der Waals surface area (Å²) in [5, 5.41) is 3.53. The number of anilines is 1. The van der Waals surface area contributed by atoms with Crippen molar-refractivity contribution in [3.05, 3.63) is 58.5 Å². The molecule has 3 aromatic rings. The zero-order valence-electron chi connectivity index (χ0n) is 16.5. The first-order valence-electron chi connectivity index (χ1n) is 9.15. The van der Waals surface area contributed by atoms with Gasteiger partial charge >= 0.3 is 0 Å². The van der Waals surface area contributed by atoms with Crippen LogP contribution < -0.4 is 14.8 Å². The molecule has 0 atom stereocenters. The predicted molar refractivity (Wildman–Crippen MR) is 114 cm³/mol. The standard InChI is InChI=1S/C22H24N2O3S/c1-5-6-19-20(16-11-12-17(26-3)18(13-16)27-4)23-22(28-19)24-21(25)15-9-7-14(2)8-10-15/h7-13H,5-6H2,1-4H3,(H,23,24,25). The zero-order valence-corrected chi connectivity index (χ0v) is 17.4. The summed E-state index contributed by atoms with van der Waals surface area (Å²) in [6.07, 6.45) is 1.88. The van der Waals surface area contributed by atoms with Crippen molar-refractivity contribution in [3.63, 3.8) is 0 Å². The number of ether oxygens (including phenoxy) is 2. The van der Waals surface area contributed by atoms with Crippen LogP contribution in [0.5, 0.6) is 11.5 Å². The van der Waals surface area contributed by atoms with Gasteiger partial charge in [-0.05, 0) is 43.7 Å². The third-order valence-electron chi connectivity index (χ3n) is 4.37. The molecule has 1 amide bonds. The molecule has 0 fully saturated rings. The van der Waals surface area contributed by atoms with Crippen LogP contribution in [0, 0.1) is 6.92 Å². The first kappa shape index (κ1) is 19.9. The summed E-state index contributed by atoms with van der Waals surface area (Å²) >= 11 is 1.51. The highest BCUT2D eigenvalue weighted by Gasteiger charge is 2.17. The van der Waals surface area contributed by atoms with Gasteiger partial charge in [0.2, 0.25) is 0 Å². The number of aromatic nitrogens is 1. The van der Waals surface area contributed by atoms with E-state index in [1.54, 1.807) is 14.2 Å². The molecular formula is C22H24N2O3S. The van der Waals surface area contributed by atoms with Gasteiger partial charge in [0.1, 0.15) is 0 Å². The lowest BCUT2D eigenvalue weighted by Gasteiger charge is -2.09. The first-order valence-corrected chi connectivity index (χ1v) is 9.97. The number of benzene rings is 2. The molecule has 2 aromatic carbocycles. The van der Waals surface area contributed by atoms with Gasteiger partial charge in [0.25, 0.3) is 5.91 Å². The summed E-state index contributed by atoms with van der Waals surface area (Å²) in [6, 6.07) is 13.2. The van der Waals surface area contributed by atoms with Crippen molar-refractivity contribution in [1.82, 2.24) is 4.98 Å². The molecule has 0 bridgehead atoms. The van der Waals surface area contributed by atoms with E-state index in [-0.39, 0.29) is 5.91 Å². The molecule has 1 heterocycles. The van der Waals surface area contributed by atoms with Gasteiger partial charge in [0, 0.05) is 16.0 Å². The van der Waals surface area contributed by atoms with E-state index in [2.05, 4.69) is 12.2 Å². The number of aryl methyl sites for hydroxylation is 2. The van der Waals surface area contributed by atoms with Crippen molar-refractivity contribution in [1.29, 1.82) is 0 Å². The molecule has 0 aliphatic rings. The monoisotopic (exact) mass is 396 g/mol. The molecule has 146 valence electrons. The number of carbonyl (C=O) groups excluding carboxylic acids is 1. The van der Waals surface area contributed by atoms with Gasteiger partial charge in [-0.2, -0.15) is 0 Å². The van der Waals surface area contributed by atoms with E-state index in [9.17, 15) is 4.79 Å². The number of hydrogen-bond acceptors (Lipinski definition) is 5. The van der Waals surface area contributed by atoms with Gasteiger partial charge in [-0.15, -0.1) is 11.3 Å². The van der Waals surface area contributed by atoms with Gasteiger partial charge in [-0.3, -0.25) is 10.1 Å². The molecular weight excluding hydrogens is 372 g/mol. The van der Waals surface area contributed by atoms with E-state index in [1.807, 2.05) is 49.4 Å². The lowest BCUT2D eigenvalue weighted by molar-refractivity contribution is 0.102. The summed E-state index contributed by atoms with van der Waals surface area (Å²) in [7, 11) is 3.23. The van der Waals surface area contributed by atoms with Crippen LogP contribution in [0.3, 0.4) is 0 Å². The van der Waals surface area contributed by atoms with Gasteiger partial charge < -0.3 is 9.47 Å². The van der Waals surface area contributed by atoms with Crippen LogP contribution in [0.1, 0.15) is 34.1 Å². The summed E-state index contributed by atoms with van der Waals surface area (Å²) in [6.45, 7) is 4.12. The molecule has 6 heteroatoms. The van der Waals surface area contributed by atoms with Crippen molar-refractivity contribution in [2.24, 2.45) is 0 Å². The Hall–Kier alpha value is -2.86. The van der Waals surface area contributed by atoms with Gasteiger partial charge in [-0.1, -0.05) is 31.0 Å². The molecule has 0 saturated carbocycles. The Bertz CT molecular complexity index is 964. The SMILES string of the molecule is CCCc1sc(NC(=O)c2ccc(C)cc2)nc1-c1ccc(OC)c(OC)c1. The van der Waals surface area contributed by atoms with E-state index in [1.165, 1.54) is 11.3 Å². The fraction of sp³-hybridized carbons (Fsp3) is 0.273. The van der Waals surface area contributed by atoms with Gasteiger partial charge in [-0.25, -0.2) is 4.98 Å². The summed E-state index contributed by atoms with van der Waals surface area (Å²) in [5.74, 6) is 1.17. The second kappa shape index (κ2) is 8.89. The Morgan fingerprint density at radius 1 is 1.07 bits per heavy atom. The van der Waals surface area contributed by atoms with E-state index < -0.39 is 0 Å². The van der Waals surface area contributed by atoms with Crippen LogP contribution in [0.4, 0.5) is 5.13 Å². The molecule has 28 heavy (non-hydrogen) atoms. The number of methoxy groups -OCH3 is 2. The van der Waals surface area contributed by atoms with Gasteiger partial charge in [0.15, 0.2) is 16.6 Å². The predicted octanol–water partition coefficient (Wildman–Crippen LogP) is 5.34. The average molecular weight is 397 g/mol. The number of nitrogens with one attached hydrogen (secondary N) is 1. The third kappa shape index (κ3) is 4.34. The molecule has 0 aliphatic heterocycles. The Balaban J connectivity index is 1.91. The van der Waals surface area contributed by atoms with Crippen molar-refractivity contribution < 1.29 is 14.3 Å². The Morgan fingerprint density at radius 2 is 1.79 bits per heavy atom. The average Bonchev–Trinajstić information content (AvgIpc) is 3.10. The maximum Gasteiger partial charge on any atom is 0.257 e. The van der Waals surface area contributed by atoms with Gasteiger partial charge in [0.05, 0.1) is 19.9 Å². The third-order valence-corrected chi connectivity index (χ3v) is 5.40. The fourth-order valence-electron chi connectivity index (χ4n) is 2.88. The Labute approximate surface area is 169 Å². The molecule has 0 spiro atoms. The second-order valence-electron chi connectivity index (χ2n) is 6.43. The highest BCUT2D eigenvalue weighted by molar-refractivity contribution is 7.16. The molecule has 0 radical (unpaired) electrons. The summed E-state index contributed by atoms with van der Waals surface area (Å²) in [4.78, 5) is 18.4. The molecule has 3 rings (SSSR count). The molecule has 0 aliphatic carbocycles. The lowest BCUT2D eigenvalue weighted by Crippen LogP contribution is -2.11. The number of nitrogens with zero attached hydrogens (tertiary/aromatic N) is 1. The van der Waals surface area contributed by atoms with Crippen LogP contribution in [-0.4, -0.2) is 25.1 Å². The number of hydrogen-bond donors (Lipinski definition) is 1. The lowest BCUT2D eigenvalue weighted by atomic mass is 10.1. The first-order chi connectivity index (χ1) is 13.5. The van der Waals surface area contributed by atoms with E-state index in [0.717, 1.165) is 34.5 Å². The fourth-order valence-corrected chi connectivity index (χ4v) is 3.97. The minimum absolute atomic E-state index is 0.157. The molecule has 0 unspecified atom stereocenters. The smallest absolute Gasteiger partial charge is 0.257 e. The summed E-state index contributed by atoms with van der Waals surface area (Å²) in [5.41, 5.74) is 3.54. The summed E-state index contributed by atoms with van der Waals surface area (Å²) < 4.78 is 10.7. The van der Waals surface area contributed by atoms with E-state index >= 15 is 0 Å². The van der Waals surface area contributed by atoms with E-state index in [0.29, 0.717) is 22.2 Å². The topological polar surface area (TPSA) is 60.5 Å². The minimum Gasteiger partial charge on any atom is -0.493 e. The quantitative estimate of drug-likeness (QED) is 0.585. The molecule has 1 aromatic heterocycles. The zero-order chi connectivity index (χ0) is 20.1. The second-order valence-corrected chi connectivity index (χ2v) is 7.51. The number of rotatable bonds is 7. The number of carbonyl (C=O) groups is 1. The normalized spacial score (nSPS) is 10.6. The number of amides is 1. The molecule has 1 N–H and O–H groups in total. The van der Waals surface area contributed by atoms with Crippen molar-refractivity contribution in [2.75, 3.05) is 19.5 Å². The largest absolute Gasteiger partial charge is 0.493 e. The van der Waals surface area contributed by atoms with Crippen molar-refractivity contribution >= 4 is 22.4 Å². The minimum atomic E-state index is -0.157. The van der Waals surface area contributed by atoms with Crippen molar-refractivity contribution in [2.45, 2.75) is 26.7 Å². The highest BCUT2D eigenvalue weighted by atomic mass is 32.1. The van der Waals surface area contributed by atoms with E-state index in [4.69, 9.17) is 14.5 Å². The maximum absolute atomic E-state index is 12.5. The van der Waals surface area contributed by atoms with Crippen LogP contribution in [-0.2, 0) is 6.42 Å². The molecule has 5 nitrogen and oxygen atoms in total. The number of thiazole rings is 1. The van der Waals surface area contributed by atoms with Crippen LogP contribution in [0.15, 0.2) is 42.5 Å². The van der Waals surface area contributed by atoms with Crippen molar-refractivity contribution in [3.8, 4) is 22.8 Å².